The van der Waals surface area contributed by atoms with Crippen LogP contribution in [0.25, 0.3) is 0 Å². The summed E-state index contributed by atoms with van der Waals surface area (Å²) in [6.45, 7) is 4.50. The summed E-state index contributed by atoms with van der Waals surface area (Å²) >= 11 is 0. The molecule has 9 heteroatoms. The van der Waals surface area contributed by atoms with Gasteiger partial charge in [-0.25, -0.2) is 8.42 Å². The minimum absolute atomic E-state index is 0.310. The number of alkyl halides is 3. The number of rotatable bonds is 6. The zero-order chi connectivity index (χ0) is 18.7. The maximum Gasteiger partial charge on any atom is 0.405 e. The Morgan fingerprint density at radius 2 is 1.67 bits per heavy atom. The van der Waals surface area contributed by atoms with E-state index < -0.39 is 40.0 Å². The van der Waals surface area contributed by atoms with Crippen molar-refractivity contribution in [1.29, 1.82) is 0 Å². The second kappa shape index (κ2) is 7.52. The molecule has 0 saturated carbocycles. The Bertz CT molecular complexity index is 669. The number of carbonyl (C=O) groups is 1. The molecule has 0 amide bonds. The van der Waals surface area contributed by atoms with Gasteiger partial charge < -0.3 is 4.74 Å². The fraction of sp³-hybridized carbons (Fsp3) is 0.533. The number of hydrogen-bond donors (Lipinski definition) is 1. The first-order valence-electron chi connectivity index (χ1n) is 7.13. The lowest BCUT2D eigenvalue weighted by atomic mass is 9.88. The van der Waals surface area contributed by atoms with E-state index >= 15 is 0 Å². The molecule has 0 radical (unpaired) electrons. The lowest BCUT2D eigenvalue weighted by Crippen LogP contribution is -2.54. The van der Waals surface area contributed by atoms with Crippen molar-refractivity contribution in [2.45, 2.75) is 37.9 Å². The number of aryl methyl sites for hydroxylation is 1. The van der Waals surface area contributed by atoms with Crippen LogP contribution in [0.4, 0.5) is 13.2 Å². The molecule has 1 rings (SSSR count). The highest BCUT2D eigenvalue weighted by Gasteiger charge is 2.51. The number of esters is 1. The van der Waals surface area contributed by atoms with Crippen LogP contribution in [0.2, 0.25) is 0 Å². The summed E-state index contributed by atoms with van der Waals surface area (Å²) in [6.07, 6.45) is -4.96. The molecule has 0 unspecified atom stereocenters. The van der Waals surface area contributed by atoms with Crippen molar-refractivity contribution in [3.05, 3.63) is 29.8 Å². The zero-order valence-corrected chi connectivity index (χ0v) is 14.5. The van der Waals surface area contributed by atoms with Crippen LogP contribution in [0, 0.1) is 18.8 Å². The summed E-state index contributed by atoms with van der Waals surface area (Å²) in [5.41, 5.74) is 0.760. The van der Waals surface area contributed by atoms with E-state index in [1.54, 1.807) is 11.6 Å². The molecular formula is C15H20F3NO4S. The fourth-order valence-corrected chi connectivity index (χ4v) is 3.47. The van der Waals surface area contributed by atoms with E-state index in [4.69, 9.17) is 0 Å². The van der Waals surface area contributed by atoms with Crippen LogP contribution in [0.5, 0.6) is 0 Å². The molecule has 136 valence electrons. The van der Waals surface area contributed by atoms with Gasteiger partial charge in [0.25, 0.3) is 0 Å². The third kappa shape index (κ3) is 4.94. The highest BCUT2D eigenvalue weighted by molar-refractivity contribution is 7.89. The van der Waals surface area contributed by atoms with E-state index in [1.807, 2.05) is 0 Å². The van der Waals surface area contributed by atoms with Crippen molar-refractivity contribution in [3.63, 3.8) is 0 Å². The number of methoxy groups -OCH3 is 1. The summed E-state index contributed by atoms with van der Waals surface area (Å²) in [4.78, 5) is 11.4. The van der Waals surface area contributed by atoms with Crippen LogP contribution in [0.3, 0.4) is 0 Å². The van der Waals surface area contributed by atoms with Gasteiger partial charge in [0.05, 0.1) is 17.9 Å². The predicted molar refractivity (Wildman–Crippen MR) is 81.7 cm³/mol. The minimum atomic E-state index is -4.96. The Balaban J connectivity index is 3.27. The normalized spacial score (nSPS) is 15.2. The van der Waals surface area contributed by atoms with Gasteiger partial charge in [-0.3, -0.25) is 4.79 Å². The number of halogens is 3. The average Bonchev–Trinajstić information content (AvgIpc) is 2.45. The van der Waals surface area contributed by atoms with E-state index in [0.717, 1.165) is 12.7 Å². The van der Waals surface area contributed by atoms with Crippen molar-refractivity contribution < 1.29 is 31.1 Å². The fourth-order valence-electron chi connectivity index (χ4n) is 2.23. The summed E-state index contributed by atoms with van der Waals surface area (Å²) < 4.78 is 70.8. The van der Waals surface area contributed by atoms with Gasteiger partial charge in [-0.05, 0) is 25.0 Å². The average molecular weight is 367 g/mol. The summed E-state index contributed by atoms with van der Waals surface area (Å²) in [7, 11) is -3.50. The summed E-state index contributed by atoms with van der Waals surface area (Å²) in [6, 6.07) is 2.76. The van der Waals surface area contributed by atoms with E-state index in [2.05, 4.69) is 4.74 Å². The van der Waals surface area contributed by atoms with Crippen LogP contribution in [0.15, 0.2) is 29.2 Å². The van der Waals surface area contributed by atoms with Crippen molar-refractivity contribution in [2.75, 3.05) is 7.11 Å². The van der Waals surface area contributed by atoms with Crippen LogP contribution in [-0.2, 0) is 19.6 Å². The molecule has 2 atom stereocenters. The Kier molecular flexibility index (Phi) is 6.40. The van der Waals surface area contributed by atoms with Gasteiger partial charge in [-0.2, -0.15) is 17.9 Å². The molecule has 0 fully saturated rings. The topological polar surface area (TPSA) is 72.5 Å². The molecule has 0 aromatic heterocycles. The monoisotopic (exact) mass is 367 g/mol. The lowest BCUT2D eigenvalue weighted by Gasteiger charge is -2.30. The number of hydrogen-bond acceptors (Lipinski definition) is 4. The van der Waals surface area contributed by atoms with Crippen LogP contribution < -0.4 is 4.72 Å². The number of sulfonamides is 1. The van der Waals surface area contributed by atoms with Gasteiger partial charge in [0.2, 0.25) is 10.0 Å². The number of carbonyl (C=O) groups excluding carboxylic acids is 1. The lowest BCUT2D eigenvalue weighted by molar-refractivity contribution is -0.181. The van der Waals surface area contributed by atoms with E-state index in [9.17, 15) is 26.4 Å². The smallest absolute Gasteiger partial charge is 0.405 e. The molecule has 0 spiro atoms. The van der Waals surface area contributed by atoms with Crippen LogP contribution in [0.1, 0.15) is 19.4 Å². The van der Waals surface area contributed by atoms with E-state index in [-0.39, 0.29) is 4.90 Å². The van der Waals surface area contributed by atoms with Gasteiger partial charge in [-0.1, -0.05) is 31.5 Å². The van der Waals surface area contributed by atoms with Crippen molar-refractivity contribution in [1.82, 2.24) is 4.72 Å². The van der Waals surface area contributed by atoms with Gasteiger partial charge in [0.15, 0.2) is 0 Å². The highest BCUT2D eigenvalue weighted by atomic mass is 32.2. The van der Waals surface area contributed by atoms with Crippen LogP contribution in [-0.4, -0.2) is 33.7 Å². The first-order valence-corrected chi connectivity index (χ1v) is 8.62. The molecule has 1 aromatic rings. The molecule has 5 nitrogen and oxygen atoms in total. The van der Waals surface area contributed by atoms with Crippen LogP contribution >= 0.6 is 0 Å². The molecule has 0 aliphatic rings. The SMILES string of the molecule is COC(=O)[C@@H](C(C)C)[C@@H](NS(=O)(=O)c1ccc(C)cc1)C(F)(F)F. The van der Waals surface area contributed by atoms with Gasteiger partial charge in [0, 0.05) is 0 Å². The van der Waals surface area contributed by atoms with Gasteiger partial charge in [0.1, 0.15) is 6.04 Å². The zero-order valence-electron chi connectivity index (χ0n) is 13.7. The van der Waals surface area contributed by atoms with Crippen molar-refractivity contribution >= 4 is 16.0 Å². The maximum atomic E-state index is 13.4. The van der Waals surface area contributed by atoms with Gasteiger partial charge in [-0.15, -0.1) is 0 Å². The van der Waals surface area contributed by atoms with Crippen molar-refractivity contribution in [3.8, 4) is 0 Å². The minimum Gasteiger partial charge on any atom is -0.469 e. The highest BCUT2D eigenvalue weighted by Crippen LogP contribution is 2.32. The largest absolute Gasteiger partial charge is 0.469 e. The number of nitrogens with one attached hydrogen (secondary N) is 1. The van der Waals surface area contributed by atoms with Gasteiger partial charge >= 0.3 is 12.1 Å². The molecule has 0 heterocycles. The standard InChI is InChI=1S/C15H20F3NO4S/c1-9(2)12(14(20)23-4)13(15(16,17)18)19-24(21,22)11-7-5-10(3)6-8-11/h5-9,12-13,19H,1-4H3/t12-,13+/m0/s1. The molecule has 1 N–H and O–H groups in total. The Morgan fingerprint density at radius 1 is 1.17 bits per heavy atom. The summed E-state index contributed by atoms with van der Waals surface area (Å²) in [5.74, 6) is -3.61. The third-order valence-electron chi connectivity index (χ3n) is 3.52. The quantitative estimate of drug-likeness (QED) is 0.785. The first kappa shape index (κ1) is 20.4. The second-order valence-electron chi connectivity index (χ2n) is 5.75. The molecule has 0 aliphatic carbocycles. The summed E-state index contributed by atoms with van der Waals surface area (Å²) in [5, 5.41) is 0. The number of benzene rings is 1. The molecule has 1 aromatic carbocycles. The van der Waals surface area contributed by atoms with E-state index in [0.29, 0.717) is 0 Å². The van der Waals surface area contributed by atoms with Crippen molar-refractivity contribution in [2.24, 2.45) is 11.8 Å². The molecule has 24 heavy (non-hydrogen) atoms. The Morgan fingerprint density at radius 3 is 2.04 bits per heavy atom. The molecule has 0 bridgehead atoms. The maximum absolute atomic E-state index is 13.4. The molecule has 0 aliphatic heterocycles. The predicted octanol–water partition coefficient (Wildman–Crippen LogP) is 2.65. The number of ether oxygens (including phenoxy) is 1. The Labute approximate surface area is 139 Å². The third-order valence-corrected chi connectivity index (χ3v) is 4.97. The molecule has 0 saturated heterocycles. The second-order valence-corrected chi connectivity index (χ2v) is 7.46. The molecular weight excluding hydrogens is 347 g/mol. The first-order chi connectivity index (χ1) is 10.9. The Hall–Kier alpha value is -1.61. The van der Waals surface area contributed by atoms with E-state index in [1.165, 1.54) is 38.1 Å².